The second-order valence-electron chi connectivity index (χ2n) is 3.96. The molecule has 0 aliphatic rings. The fraction of sp³-hybridized carbons (Fsp3) is 0.571. The van der Waals surface area contributed by atoms with Crippen molar-refractivity contribution in [3.05, 3.63) is 35.2 Å². The molecule has 0 aliphatic heterocycles. The first kappa shape index (κ1) is 14.2. The molecule has 1 heteroatoms. The molecule has 0 rings (SSSR count). The van der Waals surface area contributed by atoms with Crippen LogP contribution in [0, 0.1) is 0 Å². The van der Waals surface area contributed by atoms with E-state index in [0.717, 1.165) is 30.4 Å². The van der Waals surface area contributed by atoms with E-state index < -0.39 is 0 Å². The molecule has 0 aromatic rings. The second-order valence-corrected chi connectivity index (χ2v) is 3.96. The van der Waals surface area contributed by atoms with Gasteiger partial charge in [-0.15, -0.1) is 0 Å². The summed E-state index contributed by atoms with van der Waals surface area (Å²) < 4.78 is 13.7. The van der Waals surface area contributed by atoms with Crippen LogP contribution in [-0.2, 0) is 0 Å². The van der Waals surface area contributed by atoms with Gasteiger partial charge in [0, 0.05) is 6.42 Å². The van der Waals surface area contributed by atoms with Gasteiger partial charge in [-0.2, -0.15) is 0 Å². The predicted molar refractivity (Wildman–Crippen MR) is 66.5 cm³/mol. The molecule has 0 spiro atoms. The van der Waals surface area contributed by atoms with E-state index in [1.54, 1.807) is 0 Å². The summed E-state index contributed by atoms with van der Waals surface area (Å²) in [5, 5.41) is 0. The second kappa shape index (κ2) is 7.44. The first-order valence-electron chi connectivity index (χ1n) is 5.71. The molecule has 86 valence electrons. The van der Waals surface area contributed by atoms with Gasteiger partial charge in [0.2, 0.25) is 0 Å². The Hall–Kier alpha value is -0.850. The molecule has 0 aromatic heterocycles. The third-order valence-corrected chi connectivity index (χ3v) is 2.61. The first-order valence-corrected chi connectivity index (χ1v) is 5.71. The molecule has 0 amide bonds. The van der Waals surface area contributed by atoms with Crippen LogP contribution in [0.25, 0.3) is 0 Å². The largest absolute Gasteiger partial charge is 0.212 e. The molecular formula is C14H23F. The van der Waals surface area contributed by atoms with Crippen molar-refractivity contribution in [2.45, 2.75) is 53.4 Å². The fourth-order valence-corrected chi connectivity index (χ4v) is 1.47. The van der Waals surface area contributed by atoms with Gasteiger partial charge in [0.1, 0.15) is 5.83 Å². The van der Waals surface area contributed by atoms with Crippen molar-refractivity contribution in [3.8, 4) is 0 Å². The lowest BCUT2D eigenvalue weighted by Gasteiger charge is -2.06. The minimum Gasteiger partial charge on any atom is -0.212 e. The smallest absolute Gasteiger partial charge is 0.104 e. The lowest BCUT2D eigenvalue weighted by Crippen LogP contribution is -1.88. The SMILES string of the molecule is C=C(C)C(CC)=C(F)CCC=C(C)CC. The van der Waals surface area contributed by atoms with Crippen molar-refractivity contribution in [1.82, 2.24) is 0 Å². The van der Waals surface area contributed by atoms with Crippen LogP contribution in [0.3, 0.4) is 0 Å². The Morgan fingerprint density at radius 2 is 1.80 bits per heavy atom. The molecule has 0 bridgehead atoms. The van der Waals surface area contributed by atoms with Gasteiger partial charge in [-0.3, -0.25) is 0 Å². The number of rotatable bonds is 6. The van der Waals surface area contributed by atoms with Gasteiger partial charge in [-0.05, 0) is 38.7 Å². The van der Waals surface area contributed by atoms with Crippen LogP contribution in [0.4, 0.5) is 4.39 Å². The highest BCUT2D eigenvalue weighted by Crippen LogP contribution is 2.22. The minimum atomic E-state index is 0.00477. The Morgan fingerprint density at radius 3 is 2.20 bits per heavy atom. The molecule has 0 aromatic carbocycles. The quantitative estimate of drug-likeness (QED) is 0.410. The molecule has 0 aliphatic carbocycles. The van der Waals surface area contributed by atoms with E-state index in [4.69, 9.17) is 0 Å². The summed E-state index contributed by atoms with van der Waals surface area (Å²) in [6.07, 6.45) is 5.20. The van der Waals surface area contributed by atoms with Gasteiger partial charge in [0.15, 0.2) is 0 Å². The van der Waals surface area contributed by atoms with E-state index in [1.165, 1.54) is 5.57 Å². The van der Waals surface area contributed by atoms with E-state index in [2.05, 4.69) is 26.5 Å². The van der Waals surface area contributed by atoms with Crippen molar-refractivity contribution in [2.75, 3.05) is 0 Å². The summed E-state index contributed by atoms with van der Waals surface area (Å²) in [6, 6.07) is 0. The summed E-state index contributed by atoms with van der Waals surface area (Å²) in [5.41, 5.74) is 2.97. The van der Waals surface area contributed by atoms with Gasteiger partial charge in [-0.25, -0.2) is 4.39 Å². The topological polar surface area (TPSA) is 0 Å². The minimum absolute atomic E-state index is 0.00477. The highest BCUT2D eigenvalue weighted by molar-refractivity contribution is 5.28. The zero-order valence-electron chi connectivity index (χ0n) is 10.5. The first-order chi connectivity index (χ1) is 7.02. The molecule has 0 fully saturated rings. The van der Waals surface area contributed by atoms with Crippen LogP contribution < -0.4 is 0 Å². The summed E-state index contributed by atoms with van der Waals surface area (Å²) in [6.45, 7) is 11.8. The average Bonchev–Trinajstić information content (AvgIpc) is 2.17. The molecular weight excluding hydrogens is 187 g/mol. The monoisotopic (exact) mass is 210 g/mol. The van der Waals surface area contributed by atoms with Crippen molar-refractivity contribution in [3.63, 3.8) is 0 Å². The maximum atomic E-state index is 13.7. The zero-order valence-corrected chi connectivity index (χ0v) is 10.5. The van der Waals surface area contributed by atoms with Gasteiger partial charge in [0.05, 0.1) is 0 Å². The van der Waals surface area contributed by atoms with Crippen molar-refractivity contribution in [1.29, 1.82) is 0 Å². The summed E-state index contributed by atoms with van der Waals surface area (Å²) >= 11 is 0. The van der Waals surface area contributed by atoms with Gasteiger partial charge >= 0.3 is 0 Å². The molecule has 0 N–H and O–H groups in total. The number of allylic oxidation sites excluding steroid dienone is 5. The van der Waals surface area contributed by atoms with Crippen LogP contribution in [0.2, 0.25) is 0 Å². The molecule has 0 nitrogen and oxygen atoms in total. The zero-order chi connectivity index (χ0) is 11.8. The number of hydrogen-bond acceptors (Lipinski definition) is 0. The van der Waals surface area contributed by atoms with Gasteiger partial charge in [-0.1, -0.05) is 37.6 Å². The molecule has 0 radical (unpaired) electrons. The summed E-state index contributed by atoms with van der Waals surface area (Å²) in [4.78, 5) is 0. The van der Waals surface area contributed by atoms with E-state index in [1.807, 2.05) is 13.8 Å². The Morgan fingerprint density at radius 1 is 1.20 bits per heavy atom. The molecule has 0 saturated heterocycles. The highest BCUT2D eigenvalue weighted by Gasteiger charge is 2.04. The Balaban J connectivity index is 4.34. The Bertz CT molecular complexity index is 269. The maximum absolute atomic E-state index is 13.7. The summed E-state index contributed by atoms with van der Waals surface area (Å²) in [7, 11) is 0. The lowest BCUT2D eigenvalue weighted by atomic mass is 10.0. The number of hydrogen-bond donors (Lipinski definition) is 0. The lowest BCUT2D eigenvalue weighted by molar-refractivity contribution is 0.576. The molecule has 15 heavy (non-hydrogen) atoms. The fourth-order valence-electron chi connectivity index (χ4n) is 1.47. The van der Waals surface area contributed by atoms with Crippen molar-refractivity contribution >= 4 is 0 Å². The normalized spacial score (nSPS) is 13.8. The summed E-state index contributed by atoms with van der Waals surface area (Å²) in [5.74, 6) is 0.00477. The van der Waals surface area contributed by atoms with E-state index in [0.29, 0.717) is 6.42 Å². The Kier molecular flexibility index (Phi) is 7.02. The van der Waals surface area contributed by atoms with Crippen LogP contribution in [0.15, 0.2) is 35.2 Å². The third kappa shape index (κ3) is 5.56. The van der Waals surface area contributed by atoms with Crippen LogP contribution >= 0.6 is 0 Å². The standard InChI is InChI=1S/C14H23F/c1-6-12(5)9-8-10-14(15)13(7-2)11(3)4/h9H,3,6-8,10H2,1-2,4-5H3. The van der Waals surface area contributed by atoms with Crippen molar-refractivity contribution in [2.24, 2.45) is 0 Å². The van der Waals surface area contributed by atoms with E-state index in [-0.39, 0.29) is 5.83 Å². The molecule has 0 saturated carbocycles. The average molecular weight is 210 g/mol. The molecule has 0 unspecified atom stereocenters. The van der Waals surface area contributed by atoms with Crippen molar-refractivity contribution < 1.29 is 4.39 Å². The Labute approximate surface area is 93.6 Å². The van der Waals surface area contributed by atoms with Gasteiger partial charge < -0.3 is 0 Å². The van der Waals surface area contributed by atoms with Crippen LogP contribution in [0.1, 0.15) is 53.4 Å². The predicted octanol–water partition coefficient (Wildman–Crippen LogP) is 5.33. The molecule has 0 atom stereocenters. The van der Waals surface area contributed by atoms with Crippen LogP contribution in [-0.4, -0.2) is 0 Å². The maximum Gasteiger partial charge on any atom is 0.104 e. The number of halogens is 1. The van der Waals surface area contributed by atoms with Gasteiger partial charge in [0.25, 0.3) is 0 Å². The third-order valence-electron chi connectivity index (χ3n) is 2.61. The highest BCUT2D eigenvalue weighted by atomic mass is 19.1. The van der Waals surface area contributed by atoms with Crippen LogP contribution in [0.5, 0.6) is 0 Å². The van der Waals surface area contributed by atoms with E-state index >= 15 is 0 Å². The van der Waals surface area contributed by atoms with E-state index in [9.17, 15) is 4.39 Å². The molecule has 0 heterocycles.